The molecule has 3 atom stereocenters. The van der Waals surface area contributed by atoms with Crippen LogP contribution in [0.25, 0.3) is 0 Å². The molecular formula is C16H33NO2. The van der Waals surface area contributed by atoms with Gasteiger partial charge in [-0.15, -0.1) is 0 Å². The van der Waals surface area contributed by atoms with Crippen LogP contribution in [0.5, 0.6) is 0 Å². The third-order valence-corrected chi connectivity index (χ3v) is 3.69. The average molecular weight is 271 g/mol. The van der Waals surface area contributed by atoms with E-state index in [4.69, 9.17) is 4.74 Å². The number of carbonyl (C=O) groups excluding carboxylic acids is 1. The lowest BCUT2D eigenvalue weighted by atomic mass is 9.75. The molecule has 3 nitrogen and oxygen atoms in total. The zero-order chi connectivity index (χ0) is 15.0. The van der Waals surface area contributed by atoms with Crippen molar-refractivity contribution in [3.8, 4) is 0 Å². The number of carbonyl (C=O) groups is 1. The number of likely N-dealkylation sites (N-methyl/N-ethyl adjacent to an activating group) is 1. The standard InChI is InChI=1S/C14H27NO2.C2H6/c1-10(2)12-7-6-11(3)8-13(12)17-14(16)9-15(4)5;1-2/h10-13H,6-9H2,1-5H3;1-2H3/t11-,12+,13-;/m1./s1. The van der Waals surface area contributed by atoms with Crippen LogP contribution in [0, 0.1) is 17.8 Å². The van der Waals surface area contributed by atoms with Crippen molar-refractivity contribution >= 4 is 5.97 Å². The molecule has 0 bridgehead atoms. The highest BCUT2D eigenvalue weighted by molar-refractivity contribution is 5.71. The topological polar surface area (TPSA) is 29.5 Å². The zero-order valence-corrected chi connectivity index (χ0v) is 13.9. The van der Waals surface area contributed by atoms with Crippen molar-refractivity contribution in [2.75, 3.05) is 20.6 Å². The molecule has 1 saturated carbocycles. The molecular weight excluding hydrogens is 238 g/mol. The predicted molar refractivity (Wildman–Crippen MR) is 81.1 cm³/mol. The van der Waals surface area contributed by atoms with Gasteiger partial charge in [0.15, 0.2) is 0 Å². The van der Waals surface area contributed by atoms with E-state index >= 15 is 0 Å². The van der Waals surface area contributed by atoms with Crippen molar-refractivity contribution < 1.29 is 9.53 Å². The third-order valence-electron chi connectivity index (χ3n) is 3.69. The van der Waals surface area contributed by atoms with Crippen LogP contribution in [0.15, 0.2) is 0 Å². The molecule has 1 aliphatic carbocycles. The lowest BCUT2D eigenvalue weighted by Gasteiger charge is -2.36. The van der Waals surface area contributed by atoms with Crippen LogP contribution in [0.3, 0.4) is 0 Å². The molecule has 0 aliphatic heterocycles. The number of rotatable bonds is 4. The van der Waals surface area contributed by atoms with E-state index in [2.05, 4.69) is 20.8 Å². The molecule has 1 rings (SSSR count). The van der Waals surface area contributed by atoms with Crippen LogP contribution in [0.4, 0.5) is 0 Å². The highest BCUT2D eigenvalue weighted by Crippen LogP contribution is 2.35. The van der Waals surface area contributed by atoms with Crippen molar-refractivity contribution in [2.45, 2.75) is 60.0 Å². The molecule has 19 heavy (non-hydrogen) atoms. The lowest BCUT2D eigenvalue weighted by molar-refractivity contribution is -0.156. The van der Waals surface area contributed by atoms with Gasteiger partial charge in [0.2, 0.25) is 0 Å². The Kier molecular flexibility index (Phi) is 9.07. The second-order valence-corrected chi connectivity index (χ2v) is 6.09. The molecule has 0 radical (unpaired) electrons. The Bertz CT molecular complexity index is 251. The molecule has 0 aromatic carbocycles. The summed E-state index contributed by atoms with van der Waals surface area (Å²) in [5.74, 6) is 1.74. The maximum Gasteiger partial charge on any atom is 0.320 e. The summed E-state index contributed by atoms with van der Waals surface area (Å²) in [6, 6.07) is 0. The Labute approximate surface area is 119 Å². The second kappa shape index (κ2) is 9.35. The molecule has 0 heterocycles. The van der Waals surface area contributed by atoms with Gasteiger partial charge in [0.25, 0.3) is 0 Å². The van der Waals surface area contributed by atoms with Crippen LogP contribution in [-0.4, -0.2) is 37.6 Å². The van der Waals surface area contributed by atoms with Gasteiger partial charge in [-0.05, 0) is 44.7 Å². The molecule has 0 aromatic heterocycles. The molecule has 0 spiro atoms. The quantitative estimate of drug-likeness (QED) is 0.732. The lowest BCUT2D eigenvalue weighted by Crippen LogP contribution is -2.37. The average Bonchev–Trinajstić information content (AvgIpc) is 2.29. The van der Waals surface area contributed by atoms with Crippen molar-refractivity contribution in [3.63, 3.8) is 0 Å². The Morgan fingerprint density at radius 1 is 1.26 bits per heavy atom. The largest absolute Gasteiger partial charge is 0.461 e. The van der Waals surface area contributed by atoms with Crippen LogP contribution >= 0.6 is 0 Å². The second-order valence-electron chi connectivity index (χ2n) is 6.09. The third kappa shape index (κ3) is 6.95. The Morgan fingerprint density at radius 2 is 1.84 bits per heavy atom. The summed E-state index contributed by atoms with van der Waals surface area (Å²) in [6.07, 6.45) is 3.62. The zero-order valence-electron chi connectivity index (χ0n) is 13.9. The van der Waals surface area contributed by atoms with Gasteiger partial charge in [0.05, 0.1) is 6.54 Å². The van der Waals surface area contributed by atoms with E-state index in [0.29, 0.717) is 24.3 Å². The van der Waals surface area contributed by atoms with Crippen molar-refractivity contribution in [3.05, 3.63) is 0 Å². The Hall–Kier alpha value is -0.570. The first-order chi connectivity index (χ1) is 8.90. The van der Waals surface area contributed by atoms with Gasteiger partial charge in [0.1, 0.15) is 6.10 Å². The first-order valence-corrected chi connectivity index (χ1v) is 7.74. The monoisotopic (exact) mass is 271 g/mol. The van der Waals surface area contributed by atoms with E-state index in [-0.39, 0.29) is 12.1 Å². The minimum atomic E-state index is -0.0836. The number of nitrogens with zero attached hydrogens (tertiary/aromatic N) is 1. The molecule has 0 unspecified atom stereocenters. The van der Waals surface area contributed by atoms with Crippen LogP contribution in [0.1, 0.15) is 53.9 Å². The van der Waals surface area contributed by atoms with E-state index in [0.717, 1.165) is 6.42 Å². The summed E-state index contributed by atoms with van der Waals surface area (Å²) in [5.41, 5.74) is 0. The van der Waals surface area contributed by atoms with E-state index in [1.54, 1.807) is 0 Å². The maximum absolute atomic E-state index is 11.7. The van der Waals surface area contributed by atoms with Crippen LogP contribution in [0.2, 0.25) is 0 Å². The molecule has 0 saturated heterocycles. The molecule has 3 heteroatoms. The SMILES string of the molecule is CC.CC(C)[C@@H]1CC[C@@H](C)C[C@H]1OC(=O)CN(C)C. The highest BCUT2D eigenvalue weighted by Gasteiger charge is 2.33. The number of ether oxygens (including phenoxy) is 1. The van der Waals surface area contributed by atoms with E-state index < -0.39 is 0 Å². The fraction of sp³-hybridized carbons (Fsp3) is 0.938. The first-order valence-electron chi connectivity index (χ1n) is 7.74. The summed E-state index contributed by atoms with van der Waals surface area (Å²) >= 11 is 0. The Balaban J connectivity index is 0.00000154. The minimum absolute atomic E-state index is 0.0836. The minimum Gasteiger partial charge on any atom is -0.461 e. The van der Waals surface area contributed by atoms with Gasteiger partial charge in [-0.3, -0.25) is 9.69 Å². The first kappa shape index (κ1) is 18.4. The summed E-state index contributed by atoms with van der Waals surface area (Å²) < 4.78 is 5.67. The molecule has 114 valence electrons. The fourth-order valence-electron chi connectivity index (χ4n) is 2.71. The summed E-state index contributed by atoms with van der Waals surface area (Å²) in [4.78, 5) is 13.6. The molecule has 0 N–H and O–H groups in total. The van der Waals surface area contributed by atoms with Crippen molar-refractivity contribution in [1.29, 1.82) is 0 Å². The number of hydrogen-bond acceptors (Lipinski definition) is 3. The number of esters is 1. The fourth-order valence-corrected chi connectivity index (χ4v) is 2.71. The summed E-state index contributed by atoms with van der Waals surface area (Å²) in [6.45, 7) is 11.1. The number of hydrogen-bond donors (Lipinski definition) is 0. The van der Waals surface area contributed by atoms with Crippen LogP contribution in [-0.2, 0) is 9.53 Å². The van der Waals surface area contributed by atoms with Gasteiger partial charge in [-0.2, -0.15) is 0 Å². The molecule has 1 aliphatic rings. The predicted octanol–water partition coefficient (Wildman–Crippen LogP) is 3.58. The van der Waals surface area contributed by atoms with Gasteiger partial charge in [0, 0.05) is 0 Å². The van der Waals surface area contributed by atoms with E-state index in [1.165, 1.54) is 12.8 Å². The Morgan fingerprint density at radius 3 is 2.32 bits per heavy atom. The molecule has 0 amide bonds. The smallest absolute Gasteiger partial charge is 0.320 e. The summed E-state index contributed by atoms with van der Waals surface area (Å²) in [7, 11) is 3.79. The maximum atomic E-state index is 11.7. The summed E-state index contributed by atoms with van der Waals surface area (Å²) in [5, 5.41) is 0. The van der Waals surface area contributed by atoms with Gasteiger partial charge in [-0.25, -0.2) is 0 Å². The van der Waals surface area contributed by atoms with E-state index in [9.17, 15) is 4.79 Å². The van der Waals surface area contributed by atoms with Gasteiger partial charge >= 0.3 is 5.97 Å². The van der Waals surface area contributed by atoms with Gasteiger partial charge < -0.3 is 4.74 Å². The highest BCUT2D eigenvalue weighted by atomic mass is 16.5. The van der Waals surface area contributed by atoms with Crippen LogP contribution < -0.4 is 0 Å². The molecule has 0 aromatic rings. The van der Waals surface area contributed by atoms with Crippen molar-refractivity contribution in [1.82, 2.24) is 4.90 Å². The molecule has 1 fully saturated rings. The van der Waals surface area contributed by atoms with Crippen molar-refractivity contribution in [2.24, 2.45) is 17.8 Å². The van der Waals surface area contributed by atoms with Gasteiger partial charge in [-0.1, -0.05) is 41.0 Å². The van der Waals surface area contributed by atoms with E-state index in [1.807, 2.05) is 32.8 Å². The normalized spacial score (nSPS) is 26.9.